The van der Waals surface area contributed by atoms with Crippen molar-refractivity contribution in [2.45, 2.75) is 13.8 Å². The molecule has 0 aliphatic heterocycles. The molecule has 0 aliphatic rings. The van der Waals surface area contributed by atoms with E-state index in [-0.39, 0.29) is 16.4 Å². The molecule has 2 N–H and O–H groups in total. The van der Waals surface area contributed by atoms with E-state index in [1.54, 1.807) is 12.1 Å². The Hall–Kier alpha value is -2.93. The summed E-state index contributed by atoms with van der Waals surface area (Å²) in [7, 11) is 0. The summed E-state index contributed by atoms with van der Waals surface area (Å²) < 4.78 is 0. The van der Waals surface area contributed by atoms with Crippen LogP contribution in [0.3, 0.4) is 0 Å². The maximum atomic E-state index is 12.0. The molecule has 0 heterocycles. The molecule has 2 aromatic carbocycles. The highest BCUT2D eigenvalue weighted by molar-refractivity contribution is 6.44. The van der Waals surface area contributed by atoms with Crippen molar-refractivity contribution in [1.29, 1.82) is 0 Å². The first-order chi connectivity index (χ1) is 11.3. The zero-order valence-electron chi connectivity index (χ0n) is 12.9. The second-order valence-electron chi connectivity index (χ2n) is 5.21. The fourth-order valence-electron chi connectivity index (χ4n) is 2.14. The topological polar surface area (TPSA) is 101 Å². The minimum Gasteiger partial charge on any atom is -0.318 e. The number of nitro benzene ring substituents is 1. The number of carbonyl (C=O) groups excluding carboxylic acids is 2. The number of benzene rings is 2. The third-order valence-corrected chi connectivity index (χ3v) is 3.42. The Morgan fingerprint density at radius 1 is 1.00 bits per heavy atom. The van der Waals surface area contributed by atoms with Crippen molar-refractivity contribution in [2.24, 2.45) is 0 Å². The number of hydrogen-bond acceptors (Lipinski definition) is 4. The van der Waals surface area contributed by atoms with Gasteiger partial charge in [0.15, 0.2) is 0 Å². The van der Waals surface area contributed by atoms with Crippen LogP contribution in [0, 0.1) is 24.0 Å². The van der Waals surface area contributed by atoms with Crippen LogP contribution in [0.15, 0.2) is 36.4 Å². The van der Waals surface area contributed by atoms with Crippen molar-refractivity contribution < 1.29 is 14.5 Å². The van der Waals surface area contributed by atoms with Crippen molar-refractivity contribution >= 4 is 40.5 Å². The quantitative estimate of drug-likeness (QED) is 0.504. The summed E-state index contributed by atoms with van der Waals surface area (Å²) in [4.78, 5) is 34.1. The number of anilines is 2. The van der Waals surface area contributed by atoms with E-state index in [9.17, 15) is 19.7 Å². The van der Waals surface area contributed by atoms with E-state index in [0.717, 1.165) is 17.2 Å². The Labute approximate surface area is 142 Å². The lowest BCUT2D eigenvalue weighted by atomic mass is 10.1. The van der Waals surface area contributed by atoms with Gasteiger partial charge in [0.2, 0.25) is 0 Å². The van der Waals surface area contributed by atoms with Crippen LogP contribution in [0.2, 0.25) is 5.02 Å². The molecule has 0 saturated heterocycles. The Morgan fingerprint density at radius 3 is 2.17 bits per heavy atom. The van der Waals surface area contributed by atoms with Crippen molar-refractivity contribution in [2.75, 3.05) is 10.6 Å². The molecular weight excluding hydrogens is 334 g/mol. The zero-order chi connectivity index (χ0) is 17.9. The SMILES string of the molecule is Cc1cc(C)cc(NC(=O)C(=O)Nc2cc([N+](=O)[O-])ccc2Cl)c1. The fourth-order valence-corrected chi connectivity index (χ4v) is 2.30. The number of nitrogens with zero attached hydrogens (tertiary/aromatic N) is 1. The number of amides is 2. The van der Waals surface area contributed by atoms with Crippen molar-refractivity contribution in [1.82, 2.24) is 0 Å². The van der Waals surface area contributed by atoms with Crippen LogP contribution in [0.5, 0.6) is 0 Å². The third-order valence-electron chi connectivity index (χ3n) is 3.09. The van der Waals surface area contributed by atoms with Gasteiger partial charge in [0.25, 0.3) is 5.69 Å². The molecule has 0 radical (unpaired) electrons. The zero-order valence-corrected chi connectivity index (χ0v) is 13.7. The van der Waals surface area contributed by atoms with E-state index < -0.39 is 16.7 Å². The Morgan fingerprint density at radius 2 is 1.58 bits per heavy atom. The summed E-state index contributed by atoms with van der Waals surface area (Å²) in [5, 5.41) is 15.6. The van der Waals surface area contributed by atoms with Crippen LogP contribution in [-0.4, -0.2) is 16.7 Å². The molecule has 0 spiro atoms. The molecule has 0 aromatic heterocycles. The largest absolute Gasteiger partial charge is 0.318 e. The molecular formula is C16H14ClN3O4. The summed E-state index contributed by atoms with van der Waals surface area (Å²) in [6, 6.07) is 8.94. The summed E-state index contributed by atoms with van der Waals surface area (Å²) in [6.45, 7) is 3.73. The molecule has 0 bridgehead atoms. The molecule has 2 rings (SSSR count). The van der Waals surface area contributed by atoms with Crippen molar-refractivity contribution in [3.8, 4) is 0 Å². The van der Waals surface area contributed by atoms with Crippen LogP contribution in [0.4, 0.5) is 17.1 Å². The van der Waals surface area contributed by atoms with Gasteiger partial charge in [0.05, 0.1) is 15.6 Å². The number of aryl methyl sites for hydroxylation is 2. The number of halogens is 1. The molecule has 0 aliphatic carbocycles. The van der Waals surface area contributed by atoms with Crippen LogP contribution in [0.1, 0.15) is 11.1 Å². The molecule has 0 unspecified atom stereocenters. The number of carbonyl (C=O) groups is 2. The smallest absolute Gasteiger partial charge is 0.314 e. The van der Waals surface area contributed by atoms with Gasteiger partial charge in [-0.2, -0.15) is 0 Å². The number of hydrogen-bond donors (Lipinski definition) is 2. The lowest BCUT2D eigenvalue weighted by molar-refractivity contribution is -0.384. The monoisotopic (exact) mass is 347 g/mol. The van der Waals surface area contributed by atoms with Gasteiger partial charge in [0.1, 0.15) is 0 Å². The van der Waals surface area contributed by atoms with Gasteiger partial charge in [-0.15, -0.1) is 0 Å². The minimum absolute atomic E-state index is 0.00793. The molecule has 8 heteroatoms. The average Bonchev–Trinajstić information content (AvgIpc) is 2.48. The standard InChI is InChI=1S/C16H14ClN3O4/c1-9-5-10(2)7-11(6-9)18-15(21)16(22)19-14-8-12(20(23)24)3-4-13(14)17/h3-8H,1-2H3,(H,18,21)(H,19,22). The van der Waals surface area contributed by atoms with Crippen LogP contribution in [-0.2, 0) is 9.59 Å². The van der Waals surface area contributed by atoms with E-state index in [1.165, 1.54) is 12.1 Å². The van der Waals surface area contributed by atoms with Gasteiger partial charge >= 0.3 is 11.8 Å². The summed E-state index contributed by atoms with van der Waals surface area (Å²) in [5.41, 5.74) is 2.11. The lowest BCUT2D eigenvalue weighted by Crippen LogP contribution is -2.29. The molecule has 0 saturated carbocycles. The predicted octanol–water partition coefficient (Wildman–Crippen LogP) is 3.44. The highest BCUT2D eigenvalue weighted by Crippen LogP contribution is 2.26. The Balaban J connectivity index is 2.13. The van der Waals surface area contributed by atoms with Crippen LogP contribution < -0.4 is 10.6 Å². The molecule has 2 aromatic rings. The van der Waals surface area contributed by atoms with E-state index in [1.807, 2.05) is 19.9 Å². The molecule has 2 amide bonds. The number of rotatable bonds is 3. The maximum absolute atomic E-state index is 12.0. The second-order valence-corrected chi connectivity index (χ2v) is 5.61. The lowest BCUT2D eigenvalue weighted by Gasteiger charge is -2.09. The number of non-ortho nitro benzene ring substituents is 1. The molecule has 0 atom stereocenters. The van der Waals surface area contributed by atoms with E-state index in [0.29, 0.717) is 5.69 Å². The molecule has 124 valence electrons. The molecule has 0 fully saturated rings. The first-order valence-electron chi connectivity index (χ1n) is 6.91. The van der Waals surface area contributed by atoms with Gasteiger partial charge in [-0.1, -0.05) is 17.7 Å². The number of nitro groups is 1. The van der Waals surface area contributed by atoms with Gasteiger partial charge in [-0.25, -0.2) is 0 Å². The fraction of sp³-hybridized carbons (Fsp3) is 0.125. The highest BCUT2D eigenvalue weighted by Gasteiger charge is 2.17. The minimum atomic E-state index is -0.975. The maximum Gasteiger partial charge on any atom is 0.314 e. The van der Waals surface area contributed by atoms with Gasteiger partial charge in [0, 0.05) is 17.8 Å². The summed E-state index contributed by atoms with van der Waals surface area (Å²) in [5.74, 6) is -1.88. The molecule has 7 nitrogen and oxygen atoms in total. The Kier molecular flexibility index (Phi) is 5.15. The van der Waals surface area contributed by atoms with Crippen molar-refractivity contribution in [3.63, 3.8) is 0 Å². The first-order valence-corrected chi connectivity index (χ1v) is 7.28. The van der Waals surface area contributed by atoms with Crippen molar-refractivity contribution in [3.05, 3.63) is 62.7 Å². The van der Waals surface area contributed by atoms with Gasteiger partial charge in [-0.3, -0.25) is 19.7 Å². The normalized spacial score (nSPS) is 10.1. The van der Waals surface area contributed by atoms with Gasteiger partial charge in [-0.05, 0) is 43.2 Å². The van der Waals surface area contributed by atoms with E-state index in [2.05, 4.69) is 10.6 Å². The number of nitrogens with one attached hydrogen (secondary N) is 2. The second kappa shape index (κ2) is 7.10. The summed E-state index contributed by atoms with van der Waals surface area (Å²) in [6.07, 6.45) is 0. The highest BCUT2D eigenvalue weighted by atomic mass is 35.5. The average molecular weight is 348 g/mol. The first kappa shape index (κ1) is 17.4. The third kappa shape index (κ3) is 4.30. The van der Waals surface area contributed by atoms with Gasteiger partial charge < -0.3 is 10.6 Å². The predicted molar refractivity (Wildman–Crippen MR) is 91.3 cm³/mol. The molecule has 24 heavy (non-hydrogen) atoms. The van der Waals surface area contributed by atoms with E-state index >= 15 is 0 Å². The van der Waals surface area contributed by atoms with E-state index in [4.69, 9.17) is 11.6 Å². The Bertz CT molecular complexity index is 816. The van der Waals surface area contributed by atoms with Crippen LogP contribution in [0.25, 0.3) is 0 Å². The van der Waals surface area contributed by atoms with Crippen LogP contribution >= 0.6 is 11.6 Å². The summed E-state index contributed by atoms with van der Waals surface area (Å²) >= 11 is 5.88.